The average Bonchev–Trinajstić information content (AvgIpc) is 2.33. The second-order valence-corrected chi connectivity index (χ2v) is 3.41. The maximum absolute atomic E-state index is 5.34. The van der Waals surface area contributed by atoms with E-state index in [1.165, 1.54) is 19.3 Å². The van der Waals surface area contributed by atoms with Crippen LogP contribution >= 0.6 is 0 Å². The minimum atomic E-state index is 0.420. The number of ether oxygens (including phenoxy) is 1. The van der Waals surface area contributed by atoms with Crippen LogP contribution in [0.25, 0.3) is 0 Å². The van der Waals surface area contributed by atoms with Crippen molar-refractivity contribution < 1.29 is 4.74 Å². The minimum Gasteiger partial charge on any atom is -0.478 e. The number of nitrogens with zero attached hydrogens (tertiary/aromatic N) is 1. The summed E-state index contributed by atoms with van der Waals surface area (Å²) in [4.78, 5) is 4.24. The Balaban J connectivity index is 2.01. The van der Waals surface area contributed by atoms with Crippen LogP contribution in [0.3, 0.4) is 0 Å². The van der Waals surface area contributed by atoms with E-state index in [4.69, 9.17) is 4.74 Å². The first-order chi connectivity index (χ1) is 4.86. The quantitative estimate of drug-likeness (QED) is 0.499. The van der Waals surface area contributed by atoms with Gasteiger partial charge in [0.05, 0.1) is 6.04 Å². The van der Waals surface area contributed by atoms with E-state index in [0.29, 0.717) is 12.1 Å². The molecule has 0 amide bonds. The van der Waals surface area contributed by atoms with Gasteiger partial charge in [-0.2, -0.15) is 0 Å². The zero-order valence-corrected chi connectivity index (χ0v) is 6.29. The molecule has 3 atom stereocenters. The first-order valence-electron chi connectivity index (χ1n) is 4.03. The van der Waals surface area contributed by atoms with Gasteiger partial charge < -0.3 is 4.74 Å². The summed E-state index contributed by atoms with van der Waals surface area (Å²) in [7, 11) is 0. The van der Waals surface area contributed by atoms with E-state index >= 15 is 0 Å². The van der Waals surface area contributed by atoms with Gasteiger partial charge in [-0.25, -0.2) is 0 Å². The molecule has 10 heavy (non-hydrogen) atoms. The van der Waals surface area contributed by atoms with Gasteiger partial charge in [-0.1, -0.05) is 6.92 Å². The number of fused-ring (bicyclic) bond motifs is 1. The predicted molar refractivity (Wildman–Crippen MR) is 40.2 cm³/mol. The zero-order valence-electron chi connectivity index (χ0n) is 6.29. The minimum absolute atomic E-state index is 0.420. The highest BCUT2D eigenvalue weighted by Gasteiger charge is 2.31. The van der Waals surface area contributed by atoms with Crippen LogP contribution in [0.2, 0.25) is 0 Å². The predicted octanol–water partition coefficient (Wildman–Crippen LogP) is 1.60. The van der Waals surface area contributed by atoms with Gasteiger partial charge in [-0.3, -0.25) is 4.99 Å². The standard InChI is InChI=1S/C8H13NO/c1-6-2-3-7-8(4-6)10-5-9-7/h5-8H,2-4H2,1H3/t6?,7?,8-/m1/s1. The third kappa shape index (κ3) is 0.917. The molecule has 0 aromatic carbocycles. The number of hydrogen-bond donors (Lipinski definition) is 0. The Morgan fingerprint density at radius 3 is 3.30 bits per heavy atom. The molecular formula is C8H13NO. The Kier molecular flexibility index (Phi) is 1.40. The molecule has 1 aliphatic heterocycles. The van der Waals surface area contributed by atoms with E-state index in [2.05, 4.69) is 11.9 Å². The molecular weight excluding hydrogens is 126 g/mol. The molecule has 2 heteroatoms. The summed E-state index contributed by atoms with van der Waals surface area (Å²) >= 11 is 0. The molecule has 1 heterocycles. The molecule has 0 bridgehead atoms. The maximum atomic E-state index is 5.34. The summed E-state index contributed by atoms with van der Waals surface area (Å²) in [6.45, 7) is 2.29. The largest absolute Gasteiger partial charge is 0.478 e. The number of hydrogen-bond acceptors (Lipinski definition) is 2. The monoisotopic (exact) mass is 139 g/mol. The van der Waals surface area contributed by atoms with Gasteiger partial charge in [0.2, 0.25) is 0 Å². The van der Waals surface area contributed by atoms with E-state index in [1.807, 2.05) is 0 Å². The normalized spacial score (nSPS) is 44.7. The highest BCUT2D eigenvalue weighted by atomic mass is 16.5. The summed E-state index contributed by atoms with van der Waals surface area (Å²) in [5, 5.41) is 0. The summed E-state index contributed by atoms with van der Waals surface area (Å²) in [5.74, 6) is 0.836. The Hall–Kier alpha value is -0.530. The molecule has 0 aromatic heterocycles. The Morgan fingerprint density at radius 2 is 2.40 bits per heavy atom. The lowest BCUT2D eigenvalue weighted by atomic mass is 9.86. The van der Waals surface area contributed by atoms with Crippen molar-refractivity contribution in [2.45, 2.75) is 38.3 Å². The third-order valence-corrected chi connectivity index (χ3v) is 2.51. The topological polar surface area (TPSA) is 21.6 Å². The fraction of sp³-hybridized carbons (Fsp3) is 0.875. The van der Waals surface area contributed by atoms with Crippen LogP contribution in [0.15, 0.2) is 4.99 Å². The van der Waals surface area contributed by atoms with Gasteiger partial charge >= 0.3 is 0 Å². The third-order valence-electron chi connectivity index (χ3n) is 2.51. The van der Waals surface area contributed by atoms with Crippen molar-refractivity contribution in [1.29, 1.82) is 0 Å². The van der Waals surface area contributed by atoms with E-state index in [9.17, 15) is 0 Å². The summed E-state index contributed by atoms with van der Waals surface area (Å²) in [5.41, 5.74) is 0. The highest BCUT2D eigenvalue weighted by molar-refractivity contribution is 5.50. The molecule has 2 unspecified atom stereocenters. The molecule has 0 aromatic rings. The molecule has 0 spiro atoms. The lowest BCUT2D eigenvalue weighted by molar-refractivity contribution is 0.131. The van der Waals surface area contributed by atoms with Crippen LogP contribution in [-0.4, -0.2) is 18.5 Å². The smallest absolute Gasteiger partial charge is 0.170 e. The number of aliphatic imine (C=N–C) groups is 1. The Morgan fingerprint density at radius 1 is 1.50 bits per heavy atom. The summed E-state index contributed by atoms with van der Waals surface area (Å²) in [6, 6.07) is 0.496. The van der Waals surface area contributed by atoms with Crippen molar-refractivity contribution in [2.24, 2.45) is 10.9 Å². The Bertz CT molecular complexity index is 155. The molecule has 0 radical (unpaired) electrons. The second-order valence-electron chi connectivity index (χ2n) is 3.41. The van der Waals surface area contributed by atoms with Crippen LogP contribution in [0, 0.1) is 5.92 Å². The van der Waals surface area contributed by atoms with E-state index in [-0.39, 0.29) is 0 Å². The molecule has 56 valence electrons. The van der Waals surface area contributed by atoms with E-state index in [1.54, 1.807) is 6.40 Å². The number of rotatable bonds is 0. The van der Waals surface area contributed by atoms with Crippen molar-refractivity contribution in [3.63, 3.8) is 0 Å². The van der Waals surface area contributed by atoms with Crippen molar-refractivity contribution in [3.8, 4) is 0 Å². The SMILES string of the molecule is CC1CCC2N=CO[C@@H]2C1. The van der Waals surface area contributed by atoms with Crippen molar-refractivity contribution in [3.05, 3.63) is 0 Å². The van der Waals surface area contributed by atoms with Crippen LogP contribution in [-0.2, 0) is 4.74 Å². The molecule has 1 saturated carbocycles. The first kappa shape index (κ1) is 6.20. The average molecular weight is 139 g/mol. The van der Waals surface area contributed by atoms with Gasteiger partial charge in [0.15, 0.2) is 6.40 Å². The molecule has 2 rings (SSSR count). The second kappa shape index (κ2) is 2.26. The lowest BCUT2D eigenvalue weighted by Gasteiger charge is -2.26. The molecule has 1 aliphatic carbocycles. The molecule has 0 N–H and O–H groups in total. The molecule has 1 fully saturated rings. The highest BCUT2D eigenvalue weighted by Crippen LogP contribution is 2.30. The van der Waals surface area contributed by atoms with Gasteiger partial charge in [-0.15, -0.1) is 0 Å². The van der Waals surface area contributed by atoms with Crippen LogP contribution < -0.4 is 0 Å². The van der Waals surface area contributed by atoms with E-state index in [0.717, 1.165) is 5.92 Å². The van der Waals surface area contributed by atoms with Crippen molar-refractivity contribution in [2.75, 3.05) is 0 Å². The van der Waals surface area contributed by atoms with Crippen LogP contribution in [0.1, 0.15) is 26.2 Å². The fourth-order valence-corrected chi connectivity index (χ4v) is 1.82. The fourth-order valence-electron chi connectivity index (χ4n) is 1.82. The van der Waals surface area contributed by atoms with Gasteiger partial charge in [0, 0.05) is 0 Å². The lowest BCUT2D eigenvalue weighted by Crippen LogP contribution is -2.29. The van der Waals surface area contributed by atoms with Gasteiger partial charge in [-0.05, 0) is 25.2 Å². The Labute approximate surface area is 61.3 Å². The van der Waals surface area contributed by atoms with E-state index < -0.39 is 0 Å². The molecule has 0 saturated heterocycles. The molecule has 2 aliphatic rings. The van der Waals surface area contributed by atoms with Gasteiger partial charge in [0.1, 0.15) is 6.10 Å². The van der Waals surface area contributed by atoms with Crippen LogP contribution in [0.5, 0.6) is 0 Å². The maximum Gasteiger partial charge on any atom is 0.170 e. The van der Waals surface area contributed by atoms with Gasteiger partial charge in [0.25, 0.3) is 0 Å². The van der Waals surface area contributed by atoms with Crippen LogP contribution in [0.4, 0.5) is 0 Å². The van der Waals surface area contributed by atoms with Crippen molar-refractivity contribution in [1.82, 2.24) is 0 Å². The molecule has 2 nitrogen and oxygen atoms in total. The first-order valence-corrected chi connectivity index (χ1v) is 4.03. The summed E-state index contributed by atoms with van der Waals surface area (Å²) < 4.78 is 5.34. The summed E-state index contributed by atoms with van der Waals surface area (Å²) in [6.07, 6.45) is 5.80. The van der Waals surface area contributed by atoms with Crippen molar-refractivity contribution >= 4 is 6.40 Å². The zero-order chi connectivity index (χ0) is 6.97.